The van der Waals surface area contributed by atoms with Crippen molar-refractivity contribution in [2.45, 2.75) is 6.10 Å². The molecule has 21 heavy (non-hydrogen) atoms. The first-order chi connectivity index (χ1) is 10.1. The minimum atomic E-state index is -0.196. The molecule has 5 nitrogen and oxygen atoms in total. The van der Waals surface area contributed by atoms with E-state index in [2.05, 4.69) is 21.2 Å². The fraction of sp³-hybridized carbons (Fsp3) is 0.357. The van der Waals surface area contributed by atoms with Crippen LogP contribution in [0.25, 0.3) is 10.1 Å². The number of benzene rings is 1. The van der Waals surface area contributed by atoms with Gasteiger partial charge in [-0.05, 0) is 12.1 Å². The van der Waals surface area contributed by atoms with Gasteiger partial charge in [0.1, 0.15) is 4.88 Å². The number of methoxy groups -OCH3 is 2. The lowest BCUT2D eigenvalue weighted by Crippen LogP contribution is -2.35. The van der Waals surface area contributed by atoms with Crippen LogP contribution in [0.4, 0.5) is 5.69 Å². The van der Waals surface area contributed by atoms with Crippen molar-refractivity contribution >= 4 is 48.9 Å². The number of nitrogens with two attached hydrogens (primary N) is 1. The van der Waals surface area contributed by atoms with Gasteiger partial charge in [0, 0.05) is 35.3 Å². The molecule has 0 bridgehead atoms. The molecule has 1 aromatic carbocycles. The lowest BCUT2D eigenvalue weighted by molar-refractivity contribution is 0.0286. The maximum atomic E-state index is 12.3. The summed E-state index contributed by atoms with van der Waals surface area (Å²) in [5.41, 5.74) is 6.60. The molecule has 7 heteroatoms. The van der Waals surface area contributed by atoms with E-state index < -0.39 is 0 Å². The number of rotatable bonds is 6. The van der Waals surface area contributed by atoms with Crippen molar-refractivity contribution in [1.29, 1.82) is 0 Å². The molecule has 114 valence electrons. The fourth-order valence-corrected chi connectivity index (χ4v) is 3.76. The molecule has 2 aromatic rings. The monoisotopic (exact) mass is 372 g/mol. The standard InChI is InChI=1S/C14H17BrN2O3S/c1-19-7-8(20-2)6-17-14(18)13-12(16)11-9(15)4-3-5-10(11)21-13/h3-5,8H,6-7,16H2,1-2H3,(H,17,18). The van der Waals surface area contributed by atoms with Gasteiger partial charge in [-0.2, -0.15) is 0 Å². The van der Waals surface area contributed by atoms with Gasteiger partial charge in [0.15, 0.2) is 0 Å². The summed E-state index contributed by atoms with van der Waals surface area (Å²) in [7, 11) is 3.18. The van der Waals surface area contributed by atoms with E-state index in [0.29, 0.717) is 23.7 Å². The number of fused-ring (bicyclic) bond motifs is 1. The number of thiophene rings is 1. The van der Waals surface area contributed by atoms with Crippen LogP contribution < -0.4 is 11.1 Å². The number of nitrogens with one attached hydrogen (secondary N) is 1. The van der Waals surface area contributed by atoms with E-state index in [4.69, 9.17) is 15.2 Å². The number of carbonyl (C=O) groups excluding carboxylic acids is 1. The summed E-state index contributed by atoms with van der Waals surface area (Å²) in [4.78, 5) is 12.8. The highest BCUT2D eigenvalue weighted by Crippen LogP contribution is 2.37. The number of hydrogen-bond donors (Lipinski definition) is 2. The second kappa shape index (κ2) is 7.22. The van der Waals surface area contributed by atoms with E-state index in [0.717, 1.165) is 14.6 Å². The molecular weight excluding hydrogens is 356 g/mol. The van der Waals surface area contributed by atoms with Gasteiger partial charge in [0.2, 0.25) is 0 Å². The Labute approximate surface area is 135 Å². The minimum Gasteiger partial charge on any atom is -0.397 e. The molecular formula is C14H17BrN2O3S. The number of hydrogen-bond acceptors (Lipinski definition) is 5. The predicted molar refractivity (Wildman–Crippen MR) is 88.9 cm³/mol. The Morgan fingerprint density at radius 1 is 1.48 bits per heavy atom. The van der Waals surface area contributed by atoms with Crippen molar-refractivity contribution in [1.82, 2.24) is 5.32 Å². The van der Waals surface area contributed by atoms with Gasteiger partial charge in [-0.3, -0.25) is 4.79 Å². The van der Waals surface area contributed by atoms with Gasteiger partial charge in [0.05, 0.1) is 18.4 Å². The van der Waals surface area contributed by atoms with E-state index in [9.17, 15) is 4.79 Å². The molecule has 0 radical (unpaired) electrons. The number of carbonyl (C=O) groups is 1. The van der Waals surface area contributed by atoms with Gasteiger partial charge < -0.3 is 20.5 Å². The Morgan fingerprint density at radius 3 is 2.86 bits per heavy atom. The fourth-order valence-electron chi connectivity index (χ4n) is 1.98. The SMILES string of the molecule is COCC(CNC(=O)c1sc2cccc(Br)c2c1N)OC. The average Bonchev–Trinajstić information content (AvgIpc) is 2.81. The Kier molecular flexibility index (Phi) is 5.58. The zero-order valence-corrected chi connectivity index (χ0v) is 14.2. The van der Waals surface area contributed by atoms with Crippen LogP contribution in [0, 0.1) is 0 Å². The molecule has 1 atom stereocenters. The van der Waals surface area contributed by atoms with Crippen molar-refractivity contribution in [2.24, 2.45) is 0 Å². The van der Waals surface area contributed by atoms with Crippen LogP contribution in [-0.4, -0.2) is 39.4 Å². The highest BCUT2D eigenvalue weighted by molar-refractivity contribution is 9.10. The number of ether oxygens (including phenoxy) is 2. The molecule has 0 fully saturated rings. The quantitative estimate of drug-likeness (QED) is 0.817. The predicted octanol–water partition coefficient (Wildman–Crippen LogP) is 2.64. The molecule has 0 spiro atoms. The summed E-state index contributed by atoms with van der Waals surface area (Å²) >= 11 is 4.84. The normalized spacial score (nSPS) is 12.5. The number of amides is 1. The Balaban J connectivity index is 2.16. The van der Waals surface area contributed by atoms with Crippen molar-refractivity contribution in [2.75, 3.05) is 33.1 Å². The van der Waals surface area contributed by atoms with Crippen LogP contribution >= 0.6 is 27.3 Å². The molecule has 1 heterocycles. The summed E-state index contributed by atoms with van der Waals surface area (Å²) in [6.45, 7) is 0.794. The molecule has 1 unspecified atom stereocenters. The first-order valence-corrected chi connectivity index (χ1v) is 7.95. The van der Waals surface area contributed by atoms with E-state index in [1.807, 2.05) is 18.2 Å². The van der Waals surface area contributed by atoms with Gasteiger partial charge >= 0.3 is 0 Å². The lowest BCUT2D eigenvalue weighted by atomic mass is 10.2. The van der Waals surface area contributed by atoms with E-state index in [-0.39, 0.29) is 12.0 Å². The maximum absolute atomic E-state index is 12.3. The molecule has 2 rings (SSSR count). The van der Waals surface area contributed by atoms with Gasteiger partial charge in [-0.1, -0.05) is 22.0 Å². The van der Waals surface area contributed by atoms with Crippen molar-refractivity contribution in [3.8, 4) is 0 Å². The lowest BCUT2D eigenvalue weighted by Gasteiger charge is -2.14. The summed E-state index contributed by atoms with van der Waals surface area (Å²) in [5.74, 6) is -0.196. The molecule has 0 aliphatic rings. The topological polar surface area (TPSA) is 73.6 Å². The number of nitrogen functional groups attached to an aromatic ring is 1. The smallest absolute Gasteiger partial charge is 0.263 e. The third-order valence-corrected chi connectivity index (χ3v) is 4.91. The number of anilines is 1. The van der Waals surface area contributed by atoms with Crippen LogP contribution in [0.3, 0.4) is 0 Å². The van der Waals surface area contributed by atoms with Crippen LogP contribution in [0.2, 0.25) is 0 Å². The Hall–Kier alpha value is -1.15. The summed E-state index contributed by atoms with van der Waals surface area (Å²) < 4.78 is 12.1. The van der Waals surface area contributed by atoms with Crippen LogP contribution in [0.1, 0.15) is 9.67 Å². The van der Waals surface area contributed by atoms with E-state index in [1.165, 1.54) is 11.3 Å². The highest BCUT2D eigenvalue weighted by atomic mass is 79.9. The molecule has 3 N–H and O–H groups in total. The minimum absolute atomic E-state index is 0.179. The largest absolute Gasteiger partial charge is 0.397 e. The van der Waals surface area contributed by atoms with Crippen molar-refractivity contribution < 1.29 is 14.3 Å². The first-order valence-electron chi connectivity index (χ1n) is 6.34. The van der Waals surface area contributed by atoms with Gasteiger partial charge in [0.25, 0.3) is 5.91 Å². The first kappa shape index (κ1) is 16.2. The highest BCUT2D eigenvalue weighted by Gasteiger charge is 2.18. The molecule has 0 saturated carbocycles. The summed E-state index contributed by atoms with van der Waals surface area (Å²) in [6, 6.07) is 5.77. The molecule has 1 aromatic heterocycles. The van der Waals surface area contributed by atoms with Gasteiger partial charge in [-0.25, -0.2) is 0 Å². The second-order valence-corrected chi connectivity index (χ2v) is 6.39. The van der Waals surface area contributed by atoms with Crippen molar-refractivity contribution in [3.05, 3.63) is 27.5 Å². The molecule has 1 amide bonds. The third-order valence-electron chi connectivity index (χ3n) is 3.08. The molecule has 0 aliphatic heterocycles. The maximum Gasteiger partial charge on any atom is 0.263 e. The third kappa shape index (κ3) is 3.55. The Bertz CT molecular complexity index is 644. The van der Waals surface area contributed by atoms with Crippen molar-refractivity contribution in [3.63, 3.8) is 0 Å². The second-order valence-electron chi connectivity index (χ2n) is 4.48. The summed E-state index contributed by atoms with van der Waals surface area (Å²) in [5, 5.41) is 3.71. The van der Waals surface area contributed by atoms with Crippen LogP contribution in [0.15, 0.2) is 22.7 Å². The zero-order chi connectivity index (χ0) is 15.4. The number of halogens is 1. The molecule has 0 saturated heterocycles. The summed E-state index contributed by atoms with van der Waals surface area (Å²) in [6.07, 6.45) is -0.179. The Morgan fingerprint density at radius 2 is 2.24 bits per heavy atom. The van der Waals surface area contributed by atoms with Gasteiger partial charge in [-0.15, -0.1) is 11.3 Å². The molecule has 0 aliphatic carbocycles. The van der Waals surface area contributed by atoms with Crippen LogP contribution in [-0.2, 0) is 9.47 Å². The van der Waals surface area contributed by atoms with E-state index >= 15 is 0 Å². The zero-order valence-electron chi connectivity index (χ0n) is 11.8. The van der Waals surface area contributed by atoms with Crippen LogP contribution in [0.5, 0.6) is 0 Å². The van der Waals surface area contributed by atoms with E-state index in [1.54, 1.807) is 14.2 Å². The average molecular weight is 373 g/mol.